The van der Waals surface area contributed by atoms with Gasteiger partial charge in [-0.05, 0) is 30.3 Å². The zero-order valence-electron chi connectivity index (χ0n) is 10.6. The third-order valence-electron chi connectivity index (χ3n) is 2.70. The second-order valence-corrected chi connectivity index (χ2v) is 4.01. The highest BCUT2D eigenvalue weighted by molar-refractivity contribution is 5.90. The first kappa shape index (κ1) is 13.0. The van der Waals surface area contributed by atoms with Crippen LogP contribution in [0.1, 0.15) is 15.9 Å². The largest absolute Gasteiger partial charge is 0.489 e. The third-order valence-corrected chi connectivity index (χ3v) is 2.70. The monoisotopic (exact) mass is 257 g/mol. The number of methoxy groups -OCH3 is 1. The summed E-state index contributed by atoms with van der Waals surface area (Å²) in [6.45, 7) is 0.306. The van der Waals surface area contributed by atoms with E-state index in [2.05, 4.69) is 4.74 Å². The quantitative estimate of drug-likeness (QED) is 0.675. The summed E-state index contributed by atoms with van der Waals surface area (Å²) in [6, 6.07) is 14.4. The second kappa shape index (κ2) is 5.91. The van der Waals surface area contributed by atoms with Crippen molar-refractivity contribution < 1.29 is 14.3 Å². The molecule has 2 rings (SSSR count). The maximum Gasteiger partial charge on any atom is 0.337 e. The number of carbonyl (C=O) groups is 1. The number of esters is 1. The smallest absolute Gasteiger partial charge is 0.337 e. The van der Waals surface area contributed by atoms with Gasteiger partial charge in [0, 0.05) is 11.3 Å². The number of hydrogen-bond donors (Lipinski definition) is 1. The molecule has 0 aliphatic carbocycles. The van der Waals surface area contributed by atoms with Gasteiger partial charge < -0.3 is 15.2 Å². The molecule has 0 saturated carbocycles. The van der Waals surface area contributed by atoms with Crippen molar-refractivity contribution in [3.8, 4) is 5.75 Å². The Hall–Kier alpha value is -2.49. The fourth-order valence-corrected chi connectivity index (χ4v) is 1.65. The highest BCUT2D eigenvalue weighted by Crippen LogP contribution is 2.18. The maximum absolute atomic E-state index is 11.4. The van der Waals surface area contributed by atoms with Gasteiger partial charge in [0.15, 0.2) is 0 Å². The Morgan fingerprint density at radius 3 is 2.58 bits per heavy atom. The molecule has 19 heavy (non-hydrogen) atoms. The zero-order chi connectivity index (χ0) is 13.7. The van der Waals surface area contributed by atoms with Crippen LogP contribution in [-0.2, 0) is 11.3 Å². The van der Waals surface area contributed by atoms with Crippen molar-refractivity contribution >= 4 is 11.7 Å². The van der Waals surface area contributed by atoms with Gasteiger partial charge in [-0.25, -0.2) is 4.79 Å². The molecule has 0 aromatic heterocycles. The Kier molecular flexibility index (Phi) is 4.03. The normalized spacial score (nSPS) is 9.95. The average Bonchev–Trinajstić information content (AvgIpc) is 2.46. The standard InChI is InChI=1S/C15H15NO3/c1-18-15(17)11-7-8-14(16)12(9-11)10-19-13-5-3-2-4-6-13/h2-9H,10,16H2,1H3. The molecular formula is C15H15NO3. The summed E-state index contributed by atoms with van der Waals surface area (Å²) in [5.74, 6) is 0.367. The number of hydrogen-bond acceptors (Lipinski definition) is 4. The van der Waals surface area contributed by atoms with Crippen LogP contribution in [0.4, 0.5) is 5.69 Å². The van der Waals surface area contributed by atoms with E-state index in [1.807, 2.05) is 30.3 Å². The topological polar surface area (TPSA) is 61.5 Å². The fourth-order valence-electron chi connectivity index (χ4n) is 1.65. The minimum atomic E-state index is -0.388. The summed E-state index contributed by atoms with van der Waals surface area (Å²) in [5, 5.41) is 0. The number of carbonyl (C=O) groups excluding carboxylic acids is 1. The summed E-state index contributed by atoms with van der Waals surface area (Å²) < 4.78 is 10.3. The molecule has 0 atom stereocenters. The first-order valence-corrected chi connectivity index (χ1v) is 5.85. The Labute approximate surface area is 111 Å². The van der Waals surface area contributed by atoms with E-state index in [9.17, 15) is 4.79 Å². The molecule has 0 spiro atoms. The molecular weight excluding hydrogens is 242 g/mol. The predicted molar refractivity (Wildman–Crippen MR) is 73.0 cm³/mol. The molecule has 4 nitrogen and oxygen atoms in total. The Morgan fingerprint density at radius 1 is 1.16 bits per heavy atom. The first-order chi connectivity index (χ1) is 9.20. The van der Waals surface area contributed by atoms with Crippen LogP contribution in [0.3, 0.4) is 0 Å². The van der Waals surface area contributed by atoms with Gasteiger partial charge in [0.2, 0.25) is 0 Å². The minimum absolute atomic E-state index is 0.306. The van der Waals surface area contributed by atoms with Crippen molar-refractivity contribution in [1.82, 2.24) is 0 Å². The highest BCUT2D eigenvalue weighted by atomic mass is 16.5. The Bertz CT molecular complexity index is 567. The third kappa shape index (κ3) is 3.25. The second-order valence-electron chi connectivity index (χ2n) is 4.01. The van der Waals surface area contributed by atoms with Crippen LogP contribution in [0.5, 0.6) is 5.75 Å². The van der Waals surface area contributed by atoms with Crippen molar-refractivity contribution in [3.63, 3.8) is 0 Å². The van der Waals surface area contributed by atoms with Gasteiger partial charge in [-0.2, -0.15) is 0 Å². The molecule has 0 radical (unpaired) electrons. The van der Waals surface area contributed by atoms with Crippen molar-refractivity contribution in [2.24, 2.45) is 0 Å². The lowest BCUT2D eigenvalue weighted by Gasteiger charge is -2.09. The van der Waals surface area contributed by atoms with Crippen molar-refractivity contribution in [3.05, 3.63) is 59.7 Å². The molecule has 0 bridgehead atoms. The predicted octanol–water partition coefficient (Wildman–Crippen LogP) is 2.63. The molecule has 0 aliphatic heterocycles. The molecule has 0 fully saturated rings. The van der Waals surface area contributed by atoms with Crippen LogP contribution in [0.2, 0.25) is 0 Å². The van der Waals surface area contributed by atoms with E-state index in [1.165, 1.54) is 7.11 Å². The average molecular weight is 257 g/mol. The number of nitrogens with two attached hydrogens (primary N) is 1. The van der Waals surface area contributed by atoms with E-state index in [-0.39, 0.29) is 5.97 Å². The van der Waals surface area contributed by atoms with Gasteiger partial charge in [-0.1, -0.05) is 18.2 Å². The SMILES string of the molecule is COC(=O)c1ccc(N)c(COc2ccccc2)c1. The molecule has 0 heterocycles. The van der Waals surface area contributed by atoms with E-state index in [4.69, 9.17) is 10.5 Å². The lowest BCUT2D eigenvalue weighted by atomic mass is 10.1. The number of rotatable bonds is 4. The Morgan fingerprint density at radius 2 is 1.89 bits per heavy atom. The Balaban J connectivity index is 2.13. The molecule has 0 saturated heterocycles. The van der Waals surface area contributed by atoms with E-state index >= 15 is 0 Å². The molecule has 98 valence electrons. The molecule has 0 aliphatic rings. The zero-order valence-corrected chi connectivity index (χ0v) is 10.6. The molecule has 2 aromatic rings. The molecule has 0 unspecified atom stereocenters. The number of anilines is 1. The lowest BCUT2D eigenvalue weighted by Crippen LogP contribution is -2.05. The maximum atomic E-state index is 11.4. The van der Waals surface area contributed by atoms with E-state index in [0.29, 0.717) is 17.9 Å². The molecule has 2 N–H and O–H groups in total. The molecule has 4 heteroatoms. The van der Waals surface area contributed by atoms with Crippen molar-refractivity contribution in [2.45, 2.75) is 6.61 Å². The van der Waals surface area contributed by atoms with Crippen LogP contribution in [-0.4, -0.2) is 13.1 Å². The number of nitrogen functional groups attached to an aromatic ring is 1. The highest BCUT2D eigenvalue weighted by Gasteiger charge is 2.08. The van der Waals surface area contributed by atoms with E-state index in [0.717, 1.165) is 11.3 Å². The molecule has 2 aromatic carbocycles. The first-order valence-electron chi connectivity index (χ1n) is 5.85. The van der Waals surface area contributed by atoms with Crippen LogP contribution in [0.25, 0.3) is 0 Å². The summed E-state index contributed by atoms with van der Waals surface area (Å²) in [7, 11) is 1.35. The number of benzene rings is 2. The van der Waals surface area contributed by atoms with Crippen LogP contribution >= 0.6 is 0 Å². The van der Waals surface area contributed by atoms with Crippen LogP contribution in [0, 0.1) is 0 Å². The number of ether oxygens (including phenoxy) is 2. The van der Waals surface area contributed by atoms with Gasteiger partial charge in [0.05, 0.1) is 12.7 Å². The van der Waals surface area contributed by atoms with Gasteiger partial charge in [0.1, 0.15) is 12.4 Å². The van der Waals surface area contributed by atoms with E-state index in [1.54, 1.807) is 18.2 Å². The molecule has 0 amide bonds. The van der Waals surface area contributed by atoms with Gasteiger partial charge in [0.25, 0.3) is 0 Å². The van der Waals surface area contributed by atoms with Crippen molar-refractivity contribution in [1.29, 1.82) is 0 Å². The van der Waals surface area contributed by atoms with E-state index < -0.39 is 0 Å². The number of para-hydroxylation sites is 1. The van der Waals surface area contributed by atoms with Gasteiger partial charge >= 0.3 is 5.97 Å². The van der Waals surface area contributed by atoms with Crippen LogP contribution < -0.4 is 10.5 Å². The summed E-state index contributed by atoms with van der Waals surface area (Å²) in [6.07, 6.45) is 0. The van der Waals surface area contributed by atoms with Gasteiger partial charge in [-0.15, -0.1) is 0 Å². The van der Waals surface area contributed by atoms with Gasteiger partial charge in [-0.3, -0.25) is 0 Å². The van der Waals surface area contributed by atoms with Crippen LogP contribution in [0.15, 0.2) is 48.5 Å². The summed E-state index contributed by atoms with van der Waals surface area (Å²) >= 11 is 0. The lowest BCUT2D eigenvalue weighted by molar-refractivity contribution is 0.0600. The fraction of sp³-hybridized carbons (Fsp3) is 0.133. The van der Waals surface area contributed by atoms with Crippen molar-refractivity contribution in [2.75, 3.05) is 12.8 Å². The summed E-state index contributed by atoms with van der Waals surface area (Å²) in [5.41, 5.74) is 7.67. The summed E-state index contributed by atoms with van der Waals surface area (Å²) in [4.78, 5) is 11.4. The minimum Gasteiger partial charge on any atom is -0.489 e.